The van der Waals surface area contributed by atoms with Crippen molar-refractivity contribution >= 4 is 5.97 Å². The van der Waals surface area contributed by atoms with Crippen LogP contribution < -0.4 is 0 Å². The molecule has 0 bridgehead atoms. The maximum absolute atomic E-state index is 10.8. The normalized spacial score (nSPS) is 22.3. The van der Waals surface area contributed by atoms with Gasteiger partial charge in [0.25, 0.3) is 0 Å². The molecule has 0 saturated carbocycles. The molecule has 19 heavy (non-hydrogen) atoms. The van der Waals surface area contributed by atoms with Gasteiger partial charge in [0.1, 0.15) is 5.76 Å². The van der Waals surface area contributed by atoms with Crippen molar-refractivity contribution in [3.63, 3.8) is 0 Å². The molecule has 0 spiro atoms. The first-order chi connectivity index (χ1) is 9.06. The molecule has 5 nitrogen and oxygen atoms in total. The molecule has 0 aromatic carbocycles. The largest absolute Gasteiger partial charge is 0.481 e. The van der Waals surface area contributed by atoms with Gasteiger partial charge in [-0.05, 0) is 38.1 Å². The molecule has 1 aliphatic rings. The highest BCUT2D eigenvalue weighted by Crippen LogP contribution is 2.27. The Balaban J connectivity index is 1.90. The molecule has 0 radical (unpaired) electrons. The first-order valence-electron chi connectivity index (χ1n) is 6.89. The number of hydrogen-bond acceptors (Lipinski definition) is 4. The van der Waals surface area contributed by atoms with Crippen LogP contribution in [0.3, 0.4) is 0 Å². The smallest absolute Gasteiger partial charge is 0.303 e. The molecule has 1 saturated heterocycles. The van der Waals surface area contributed by atoms with Crippen molar-refractivity contribution in [3.8, 4) is 0 Å². The van der Waals surface area contributed by atoms with E-state index in [2.05, 4.69) is 9.88 Å². The molecule has 2 atom stereocenters. The van der Waals surface area contributed by atoms with Crippen LogP contribution in [0.4, 0.5) is 0 Å². The van der Waals surface area contributed by atoms with Gasteiger partial charge in [-0.1, -0.05) is 6.92 Å². The van der Waals surface area contributed by atoms with Gasteiger partial charge in [-0.3, -0.25) is 9.69 Å². The lowest BCUT2D eigenvalue weighted by atomic mass is 9.84. The number of oxazole rings is 1. The number of likely N-dealkylation sites (tertiary alicyclic amines) is 1. The average molecular weight is 266 g/mol. The van der Waals surface area contributed by atoms with Gasteiger partial charge in [-0.15, -0.1) is 0 Å². The summed E-state index contributed by atoms with van der Waals surface area (Å²) in [6.07, 6.45) is 4.01. The summed E-state index contributed by atoms with van der Waals surface area (Å²) < 4.78 is 5.22. The van der Waals surface area contributed by atoms with Crippen molar-refractivity contribution in [2.45, 2.75) is 39.7 Å². The Morgan fingerprint density at radius 1 is 1.68 bits per heavy atom. The van der Waals surface area contributed by atoms with Crippen LogP contribution in [0.15, 0.2) is 10.8 Å². The van der Waals surface area contributed by atoms with Crippen LogP contribution in [-0.4, -0.2) is 34.0 Å². The minimum Gasteiger partial charge on any atom is -0.481 e. The lowest BCUT2D eigenvalue weighted by molar-refractivity contribution is -0.138. The molecule has 2 rings (SSSR count). The van der Waals surface area contributed by atoms with E-state index in [4.69, 9.17) is 9.52 Å². The van der Waals surface area contributed by atoms with E-state index in [9.17, 15) is 4.79 Å². The van der Waals surface area contributed by atoms with Gasteiger partial charge in [0.05, 0.1) is 5.69 Å². The zero-order valence-corrected chi connectivity index (χ0v) is 11.6. The molecule has 106 valence electrons. The zero-order chi connectivity index (χ0) is 13.8. The van der Waals surface area contributed by atoms with Crippen molar-refractivity contribution in [1.82, 2.24) is 9.88 Å². The lowest BCUT2D eigenvalue weighted by Crippen LogP contribution is -2.38. The minimum atomic E-state index is -0.697. The van der Waals surface area contributed by atoms with Gasteiger partial charge in [0.2, 0.25) is 0 Å². The maximum Gasteiger partial charge on any atom is 0.303 e. The van der Waals surface area contributed by atoms with E-state index in [1.165, 1.54) is 6.39 Å². The van der Waals surface area contributed by atoms with Gasteiger partial charge in [0.15, 0.2) is 6.39 Å². The molecule has 1 fully saturated rings. The molecule has 1 aromatic heterocycles. The van der Waals surface area contributed by atoms with Crippen molar-refractivity contribution in [1.29, 1.82) is 0 Å². The van der Waals surface area contributed by atoms with Crippen molar-refractivity contribution in [3.05, 3.63) is 17.8 Å². The molecule has 5 heteroatoms. The Kier molecular flexibility index (Phi) is 4.58. The number of aromatic nitrogens is 1. The third-order valence-electron chi connectivity index (χ3n) is 4.06. The molecule has 2 unspecified atom stereocenters. The predicted octanol–water partition coefficient (Wildman–Crippen LogP) is 2.31. The van der Waals surface area contributed by atoms with Crippen molar-refractivity contribution in [2.24, 2.45) is 11.8 Å². The van der Waals surface area contributed by atoms with Crippen LogP contribution in [-0.2, 0) is 11.3 Å². The molecule has 1 aliphatic heterocycles. The van der Waals surface area contributed by atoms with Gasteiger partial charge in [-0.2, -0.15) is 0 Å². The van der Waals surface area contributed by atoms with Crippen LogP contribution >= 0.6 is 0 Å². The van der Waals surface area contributed by atoms with E-state index in [0.29, 0.717) is 5.92 Å². The molecular formula is C14H22N2O3. The molecular weight excluding hydrogens is 244 g/mol. The highest BCUT2D eigenvalue weighted by molar-refractivity contribution is 5.67. The number of piperidine rings is 1. The number of carbonyl (C=O) groups is 1. The second kappa shape index (κ2) is 6.19. The summed E-state index contributed by atoms with van der Waals surface area (Å²) in [6, 6.07) is 0. The van der Waals surface area contributed by atoms with Crippen LogP contribution in [0, 0.1) is 18.8 Å². The first kappa shape index (κ1) is 14.1. The third-order valence-corrected chi connectivity index (χ3v) is 4.06. The van der Waals surface area contributed by atoms with Gasteiger partial charge >= 0.3 is 5.97 Å². The number of nitrogens with zero attached hydrogens (tertiary/aromatic N) is 2. The quantitative estimate of drug-likeness (QED) is 0.885. The van der Waals surface area contributed by atoms with Gasteiger partial charge in [-0.25, -0.2) is 4.98 Å². The standard InChI is InChI=1S/C14H22N2O3/c1-10(6-14(17)18)12-4-3-5-16(7-12)8-13-11(2)19-9-15-13/h9-10,12H,3-8H2,1-2H3,(H,17,18). The average Bonchev–Trinajstić information content (AvgIpc) is 2.75. The third kappa shape index (κ3) is 3.80. The maximum atomic E-state index is 10.8. The van der Waals surface area contributed by atoms with Crippen LogP contribution in [0.5, 0.6) is 0 Å². The Hall–Kier alpha value is -1.36. The summed E-state index contributed by atoms with van der Waals surface area (Å²) in [5, 5.41) is 8.89. The molecule has 0 amide bonds. The monoisotopic (exact) mass is 266 g/mol. The SMILES string of the molecule is Cc1ocnc1CN1CCCC(C(C)CC(=O)O)C1. The number of rotatable bonds is 5. The van der Waals surface area contributed by atoms with E-state index in [1.807, 2.05) is 13.8 Å². The van der Waals surface area contributed by atoms with E-state index >= 15 is 0 Å². The summed E-state index contributed by atoms with van der Waals surface area (Å²) in [5.41, 5.74) is 0.992. The minimum absolute atomic E-state index is 0.235. The first-order valence-corrected chi connectivity index (χ1v) is 6.89. The fourth-order valence-electron chi connectivity index (χ4n) is 2.83. The lowest BCUT2D eigenvalue weighted by Gasteiger charge is -2.35. The van der Waals surface area contributed by atoms with Crippen molar-refractivity contribution in [2.75, 3.05) is 13.1 Å². The van der Waals surface area contributed by atoms with E-state index in [0.717, 1.165) is 43.9 Å². The zero-order valence-electron chi connectivity index (χ0n) is 11.6. The molecule has 1 N–H and O–H groups in total. The molecule has 0 aliphatic carbocycles. The summed E-state index contributed by atoms with van der Waals surface area (Å²) >= 11 is 0. The fourth-order valence-corrected chi connectivity index (χ4v) is 2.83. The summed E-state index contributed by atoms with van der Waals surface area (Å²) in [6.45, 7) is 6.79. The Bertz CT molecular complexity index is 430. The van der Waals surface area contributed by atoms with E-state index in [1.54, 1.807) is 0 Å². The fraction of sp³-hybridized carbons (Fsp3) is 0.714. The number of carboxylic acid groups (broad SMARTS) is 1. The van der Waals surface area contributed by atoms with Crippen LogP contribution in [0.2, 0.25) is 0 Å². The van der Waals surface area contributed by atoms with E-state index in [-0.39, 0.29) is 12.3 Å². The number of aliphatic carboxylic acids is 1. The topological polar surface area (TPSA) is 66.6 Å². The number of aryl methyl sites for hydroxylation is 1. The van der Waals surface area contributed by atoms with Gasteiger partial charge in [0, 0.05) is 19.5 Å². The van der Waals surface area contributed by atoms with Crippen LogP contribution in [0.25, 0.3) is 0 Å². The second-order valence-electron chi connectivity index (χ2n) is 5.57. The van der Waals surface area contributed by atoms with Crippen LogP contribution in [0.1, 0.15) is 37.6 Å². The Labute approximate surface area is 113 Å². The van der Waals surface area contributed by atoms with E-state index < -0.39 is 5.97 Å². The summed E-state index contributed by atoms with van der Waals surface area (Å²) in [5.74, 6) is 0.883. The Morgan fingerprint density at radius 2 is 2.47 bits per heavy atom. The summed E-state index contributed by atoms with van der Waals surface area (Å²) in [7, 11) is 0. The van der Waals surface area contributed by atoms with Crippen molar-refractivity contribution < 1.29 is 14.3 Å². The highest BCUT2D eigenvalue weighted by atomic mass is 16.4. The predicted molar refractivity (Wildman–Crippen MR) is 70.7 cm³/mol. The molecule has 1 aromatic rings. The number of hydrogen-bond donors (Lipinski definition) is 1. The number of carboxylic acids is 1. The Morgan fingerprint density at radius 3 is 3.11 bits per heavy atom. The highest BCUT2D eigenvalue weighted by Gasteiger charge is 2.26. The summed E-state index contributed by atoms with van der Waals surface area (Å²) in [4.78, 5) is 17.4. The van der Waals surface area contributed by atoms with Gasteiger partial charge < -0.3 is 9.52 Å². The molecule has 2 heterocycles. The second-order valence-corrected chi connectivity index (χ2v) is 5.57.